The lowest BCUT2D eigenvalue weighted by atomic mass is 10.1. The van der Waals surface area contributed by atoms with Crippen molar-refractivity contribution in [1.29, 1.82) is 0 Å². The van der Waals surface area contributed by atoms with E-state index in [1.807, 2.05) is 0 Å². The van der Waals surface area contributed by atoms with E-state index in [4.69, 9.17) is 9.47 Å². The SMILES string of the molecule is CCCC/C=C(C)/C(C)=C/C1OCCO1. The Balaban J connectivity index is 2.42. The highest BCUT2D eigenvalue weighted by atomic mass is 16.7. The Kier molecular flexibility index (Phi) is 5.66. The summed E-state index contributed by atoms with van der Waals surface area (Å²) in [5, 5.41) is 0. The maximum Gasteiger partial charge on any atom is 0.177 e. The molecule has 1 saturated heterocycles. The van der Waals surface area contributed by atoms with Crippen LogP contribution in [-0.4, -0.2) is 19.5 Å². The largest absolute Gasteiger partial charge is 0.347 e. The summed E-state index contributed by atoms with van der Waals surface area (Å²) in [7, 11) is 0. The van der Waals surface area contributed by atoms with Gasteiger partial charge in [0.1, 0.15) is 0 Å². The summed E-state index contributed by atoms with van der Waals surface area (Å²) < 4.78 is 10.7. The second kappa shape index (κ2) is 6.81. The lowest BCUT2D eigenvalue weighted by Crippen LogP contribution is -2.03. The van der Waals surface area contributed by atoms with Crippen LogP contribution in [0.15, 0.2) is 23.3 Å². The maximum atomic E-state index is 5.37. The average Bonchev–Trinajstić information content (AvgIpc) is 2.70. The molecular weight excluding hydrogens is 188 g/mol. The van der Waals surface area contributed by atoms with Crippen molar-refractivity contribution in [2.24, 2.45) is 0 Å². The van der Waals surface area contributed by atoms with Crippen molar-refractivity contribution in [2.45, 2.75) is 46.3 Å². The van der Waals surface area contributed by atoms with Crippen LogP contribution in [0.5, 0.6) is 0 Å². The van der Waals surface area contributed by atoms with Gasteiger partial charge in [0, 0.05) is 0 Å². The van der Waals surface area contributed by atoms with Crippen LogP contribution < -0.4 is 0 Å². The van der Waals surface area contributed by atoms with E-state index in [0.29, 0.717) is 13.2 Å². The van der Waals surface area contributed by atoms with Crippen LogP contribution in [-0.2, 0) is 9.47 Å². The zero-order valence-electron chi connectivity index (χ0n) is 10.1. The predicted molar refractivity (Wildman–Crippen MR) is 62.7 cm³/mol. The molecule has 0 atom stereocenters. The van der Waals surface area contributed by atoms with E-state index in [0.717, 1.165) is 0 Å². The molecule has 15 heavy (non-hydrogen) atoms. The molecule has 0 bridgehead atoms. The van der Waals surface area contributed by atoms with Gasteiger partial charge in [-0.1, -0.05) is 31.4 Å². The average molecular weight is 210 g/mol. The van der Waals surface area contributed by atoms with Gasteiger partial charge in [-0.3, -0.25) is 0 Å². The first kappa shape index (κ1) is 12.5. The van der Waals surface area contributed by atoms with Gasteiger partial charge in [-0.25, -0.2) is 0 Å². The summed E-state index contributed by atoms with van der Waals surface area (Å²) in [6, 6.07) is 0. The van der Waals surface area contributed by atoms with Gasteiger partial charge in [-0.15, -0.1) is 0 Å². The lowest BCUT2D eigenvalue weighted by Gasteiger charge is -2.06. The van der Waals surface area contributed by atoms with Gasteiger partial charge in [-0.2, -0.15) is 0 Å². The second-order valence-electron chi connectivity index (χ2n) is 3.99. The highest BCUT2D eigenvalue weighted by Crippen LogP contribution is 2.15. The van der Waals surface area contributed by atoms with E-state index in [2.05, 4.69) is 32.9 Å². The fourth-order valence-corrected chi connectivity index (χ4v) is 1.49. The van der Waals surface area contributed by atoms with Crippen LogP contribution in [0.1, 0.15) is 40.0 Å². The zero-order chi connectivity index (χ0) is 11.1. The van der Waals surface area contributed by atoms with Crippen molar-refractivity contribution >= 4 is 0 Å². The second-order valence-corrected chi connectivity index (χ2v) is 3.99. The van der Waals surface area contributed by atoms with Gasteiger partial charge in [0.25, 0.3) is 0 Å². The quantitative estimate of drug-likeness (QED) is 0.511. The molecule has 0 N–H and O–H groups in total. The van der Waals surface area contributed by atoms with E-state index in [9.17, 15) is 0 Å². The Morgan fingerprint density at radius 3 is 2.47 bits per heavy atom. The van der Waals surface area contributed by atoms with Crippen LogP contribution in [0.2, 0.25) is 0 Å². The van der Waals surface area contributed by atoms with Crippen molar-refractivity contribution in [1.82, 2.24) is 0 Å². The van der Waals surface area contributed by atoms with E-state index >= 15 is 0 Å². The van der Waals surface area contributed by atoms with Gasteiger partial charge in [0.15, 0.2) is 6.29 Å². The Hall–Kier alpha value is -0.600. The summed E-state index contributed by atoms with van der Waals surface area (Å²) in [6.45, 7) is 7.91. The predicted octanol–water partition coefficient (Wildman–Crippen LogP) is 3.44. The van der Waals surface area contributed by atoms with Gasteiger partial charge < -0.3 is 9.47 Å². The first-order chi connectivity index (χ1) is 7.24. The molecule has 0 aromatic heterocycles. The monoisotopic (exact) mass is 210 g/mol. The summed E-state index contributed by atoms with van der Waals surface area (Å²) in [4.78, 5) is 0. The van der Waals surface area contributed by atoms with E-state index in [1.165, 1.54) is 30.4 Å². The molecule has 2 nitrogen and oxygen atoms in total. The zero-order valence-corrected chi connectivity index (χ0v) is 10.1. The minimum Gasteiger partial charge on any atom is -0.347 e. The first-order valence-electron chi connectivity index (χ1n) is 5.82. The molecule has 0 amide bonds. The molecule has 0 aliphatic carbocycles. The molecular formula is C13H22O2. The number of hydrogen-bond donors (Lipinski definition) is 0. The van der Waals surface area contributed by atoms with E-state index < -0.39 is 0 Å². The van der Waals surface area contributed by atoms with Crippen LogP contribution in [0, 0.1) is 0 Å². The third-order valence-electron chi connectivity index (χ3n) is 2.66. The molecule has 0 saturated carbocycles. The van der Waals surface area contributed by atoms with Crippen molar-refractivity contribution in [3.05, 3.63) is 23.3 Å². The molecule has 0 unspecified atom stereocenters. The number of unbranched alkanes of at least 4 members (excludes halogenated alkanes) is 2. The van der Waals surface area contributed by atoms with Gasteiger partial charge in [0.2, 0.25) is 0 Å². The van der Waals surface area contributed by atoms with Crippen molar-refractivity contribution in [2.75, 3.05) is 13.2 Å². The number of allylic oxidation sites excluding steroid dienone is 3. The van der Waals surface area contributed by atoms with Gasteiger partial charge in [-0.05, 0) is 31.9 Å². The third-order valence-corrected chi connectivity index (χ3v) is 2.66. The molecule has 0 aromatic carbocycles. The minimum atomic E-state index is -0.125. The minimum absolute atomic E-state index is 0.125. The molecule has 0 radical (unpaired) electrons. The molecule has 0 spiro atoms. The number of rotatable bonds is 5. The molecule has 1 aliphatic heterocycles. The van der Waals surface area contributed by atoms with Crippen molar-refractivity contribution < 1.29 is 9.47 Å². The molecule has 86 valence electrons. The van der Waals surface area contributed by atoms with Crippen molar-refractivity contribution in [3.8, 4) is 0 Å². The van der Waals surface area contributed by atoms with Crippen LogP contribution in [0.25, 0.3) is 0 Å². The van der Waals surface area contributed by atoms with Crippen LogP contribution in [0.4, 0.5) is 0 Å². The van der Waals surface area contributed by atoms with Gasteiger partial charge in [0.05, 0.1) is 13.2 Å². The first-order valence-corrected chi connectivity index (χ1v) is 5.82. The van der Waals surface area contributed by atoms with Gasteiger partial charge >= 0.3 is 0 Å². The molecule has 0 aromatic rings. The van der Waals surface area contributed by atoms with Crippen molar-refractivity contribution in [3.63, 3.8) is 0 Å². The normalized spacial score (nSPS) is 19.9. The molecule has 1 rings (SSSR count). The van der Waals surface area contributed by atoms with E-state index in [-0.39, 0.29) is 6.29 Å². The summed E-state index contributed by atoms with van der Waals surface area (Å²) in [6.07, 6.45) is 7.91. The lowest BCUT2D eigenvalue weighted by molar-refractivity contribution is -0.00203. The Morgan fingerprint density at radius 2 is 1.87 bits per heavy atom. The summed E-state index contributed by atoms with van der Waals surface area (Å²) >= 11 is 0. The summed E-state index contributed by atoms with van der Waals surface area (Å²) in [5.74, 6) is 0. The Labute approximate surface area is 93.0 Å². The fourth-order valence-electron chi connectivity index (χ4n) is 1.49. The maximum absolute atomic E-state index is 5.37. The van der Waals surface area contributed by atoms with Crippen LogP contribution >= 0.6 is 0 Å². The number of hydrogen-bond acceptors (Lipinski definition) is 2. The smallest absolute Gasteiger partial charge is 0.177 e. The Bertz CT molecular complexity index is 235. The van der Waals surface area contributed by atoms with Crippen LogP contribution in [0.3, 0.4) is 0 Å². The highest BCUT2D eigenvalue weighted by molar-refractivity contribution is 5.27. The number of ether oxygens (including phenoxy) is 2. The molecule has 2 heteroatoms. The standard InChI is InChI=1S/C13H22O2/c1-4-5-6-7-11(2)12(3)10-13-14-8-9-15-13/h7,10,13H,4-6,8-9H2,1-3H3/b11-7+,12-10+. The van der Waals surface area contributed by atoms with E-state index in [1.54, 1.807) is 0 Å². The highest BCUT2D eigenvalue weighted by Gasteiger charge is 2.12. The summed E-state index contributed by atoms with van der Waals surface area (Å²) in [5.41, 5.74) is 2.60. The molecule has 1 heterocycles. The topological polar surface area (TPSA) is 18.5 Å². The molecule has 1 fully saturated rings. The third kappa shape index (κ3) is 4.63. The fraction of sp³-hybridized carbons (Fsp3) is 0.692. The Morgan fingerprint density at radius 1 is 1.20 bits per heavy atom. The molecule has 1 aliphatic rings.